The molecule has 0 saturated carbocycles. The lowest BCUT2D eigenvalue weighted by Gasteiger charge is -2.12. The van der Waals surface area contributed by atoms with Gasteiger partial charge >= 0.3 is 0 Å². The number of carbonyl (C=O) groups is 1. The van der Waals surface area contributed by atoms with Crippen LogP contribution in [-0.4, -0.2) is 32.5 Å². The van der Waals surface area contributed by atoms with Crippen LogP contribution in [0.5, 0.6) is 11.5 Å². The fourth-order valence-corrected chi connectivity index (χ4v) is 4.69. The maximum atomic E-state index is 12.8. The van der Waals surface area contributed by atoms with Gasteiger partial charge in [0.2, 0.25) is 5.91 Å². The molecule has 5 rings (SSSR count). The molecule has 3 aromatic carbocycles. The average Bonchev–Trinajstić information content (AvgIpc) is 3.12. The van der Waals surface area contributed by atoms with Crippen LogP contribution in [0.1, 0.15) is 18.7 Å². The monoisotopic (exact) mass is 493 g/mol. The van der Waals surface area contributed by atoms with Crippen LogP contribution in [-0.2, 0) is 21.2 Å². The molecule has 0 atom stereocenters. The molecule has 0 saturated heterocycles. The summed E-state index contributed by atoms with van der Waals surface area (Å²) in [5, 5.41) is 2.79. The van der Waals surface area contributed by atoms with E-state index in [0.29, 0.717) is 54.0 Å². The number of aromatic nitrogens is 1. The molecule has 0 fully saturated rings. The molecule has 0 radical (unpaired) electrons. The number of para-hydroxylation sites is 2. The van der Waals surface area contributed by atoms with Crippen molar-refractivity contribution in [2.75, 3.05) is 23.3 Å². The number of carbonyl (C=O) groups excluding carboxylic acids is 1. The van der Waals surface area contributed by atoms with Gasteiger partial charge in [0.05, 0.1) is 18.1 Å². The lowest BCUT2D eigenvalue weighted by atomic mass is 10.2. The van der Waals surface area contributed by atoms with Crippen molar-refractivity contribution in [2.45, 2.75) is 24.2 Å². The number of sulfonamides is 1. The molecule has 1 aromatic heterocycles. The van der Waals surface area contributed by atoms with E-state index < -0.39 is 10.0 Å². The van der Waals surface area contributed by atoms with E-state index in [4.69, 9.17) is 13.9 Å². The zero-order valence-corrected chi connectivity index (χ0v) is 19.5. The number of fused-ring (bicyclic) bond motifs is 2. The largest absolute Gasteiger partial charge is 0.490 e. The van der Waals surface area contributed by atoms with Gasteiger partial charge in [0, 0.05) is 36.7 Å². The quantitative estimate of drug-likeness (QED) is 0.392. The first-order chi connectivity index (χ1) is 17.0. The minimum absolute atomic E-state index is 0.0679. The first-order valence-corrected chi connectivity index (χ1v) is 12.6. The molecule has 35 heavy (non-hydrogen) atoms. The number of amides is 1. The highest BCUT2D eigenvalue weighted by Gasteiger charge is 2.19. The highest BCUT2D eigenvalue weighted by molar-refractivity contribution is 7.92. The van der Waals surface area contributed by atoms with Crippen molar-refractivity contribution in [2.24, 2.45) is 0 Å². The molecule has 1 amide bonds. The number of hydrogen-bond donors (Lipinski definition) is 2. The normalized spacial score (nSPS) is 13.3. The standard InChI is InChI=1S/C25H23N3O6S/c29-24(12-13-25-27-20-4-1-2-5-21(20)34-25)26-17-6-8-18(9-7-17)28-35(30,31)19-10-11-22-23(16-19)33-15-3-14-32-22/h1-2,4-11,16,28H,3,12-15H2,(H,26,29). The van der Waals surface area contributed by atoms with Crippen LogP contribution in [0.25, 0.3) is 11.1 Å². The van der Waals surface area contributed by atoms with Crippen molar-refractivity contribution in [3.63, 3.8) is 0 Å². The van der Waals surface area contributed by atoms with Crippen molar-refractivity contribution in [3.8, 4) is 11.5 Å². The van der Waals surface area contributed by atoms with E-state index in [-0.39, 0.29) is 17.2 Å². The fraction of sp³-hybridized carbons (Fsp3) is 0.200. The zero-order chi connectivity index (χ0) is 24.3. The van der Waals surface area contributed by atoms with Crippen molar-refractivity contribution >= 4 is 38.4 Å². The summed E-state index contributed by atoms with van der Waals surface area (Å²) in [4.78, 5) is 16.8. The van der Waals surface area contributed by atoms with E-state index in [1.807, 2.05) is 24.3 Å². The van der Waals surface area contributed by atoms with Gasteiger partial charge in [-0.3, -0.25) is 9.52 Å². The maximum absolute atomic E-state index is 12.8. The molecule has 9 nitrogen and oxygen atoms in total. The zero-order valence-electron chi connectivity index (χ0n) is 18.7. The first-order valence-electron chi connectivity index (χ1n) is 11.1. The molecule has 0 aliphatic carbocycles. The molecule has 2 heterocycles. The molecule has 180 valence electrons. The van der Waals surface area contributed by atoms with Gasteiger partial charge in [-0.15, -0.1) is 0 Å². The maximum Gasteiger partial charge on any atom is 0.262 e. The van der Waals surface area contributed by atoms with Crippen LogP contribution in [0.15, 0.2) is 76.0 Å². The lowest BCUT2D eigenvalue weighted by Crippen LogP contribution is -2.14. The van der Waals surface area contributed by atoms with Crippen LogP contribution >= 0.6 is 0 Å². The Labute approximate surface area is 202 Å². The number of anilines is 2. The van der Waals surface area contributed by atoms with Gasteiger partial charge in [0.15, 0.2) is 23.0 Å². The Balaban J connectivity index is 1.18. The SMILES string of the molecule is O=C(CCc1nc2ccccc2o1)Nc1ccc(NS(=O)(=O)c2ccc3c(c2)OCCCO3)cc1. The van der Waals surface area contributed by atoms with Gasteiger partial charge in [-0.2, -0.15) is 0 Å². The summed E-state index contributed by atoms with van der Waals surface area (Å²) < 4.78 is 45.0. The van der Waals surface area contributed by atoms with E-state index in [1.54, 1.807) is 30.3 Å². The summed E-state index contributed by atoms with van der Waals surface area (Å²) in [7, 11) is -3.84. The second-order valence-electron chi connectivity index (χ2n) is 7.97. The predicted molar refractivity (Wildman–Crippen MR) is 130 cm³/mol. The number of nitrogens with zero attached hydrogens (tertiary/aromatic N) is 1. The van der Waals surface area contributed by atoms with Crippen molar-refractivity contribution < 1.29 is 27.1 Å². The second-order valence-corrected chi connectivity index (χ2v) is 9.65. The Bertz CT molecular complexity index is 1430. The molecular formula is C25H23N3O6S. The van der Waals surface area contributed by atoms with Crippen molar-refractivity contribution in [1.29, 1.82) is 0 Å². The van der Waals surface area contributed by atoms with Gasteiger partial charge < -0.3 is 19.2 Å². The molecule has 4 aromatic rings. The van der Waals surface area contributed by atoms with Gasteiger partial charge in [-0.05, 0) is 48.5 Å². The van der Waals surface area contributed by atoms with Crippen LogP contribution in [0, 0.1) is 0 Å². The van der Waals surface area contributed by atoms with E-state index >= 15 is 0 Å². The molecular weight excluding hydrogens is 470 g/mol. The smallest absolute Gasteiger partial charge is 0.262 e. The van der Waals surface area contributed by atoms with E-state index in [9.17, 15) is 13.2 Å². The Hall–Kier alpha value is -4.05. The molecule has 0 unspecified atom stereocenters. The number of aryl methyl sites for hydroxylation is 1. The van der Waals surface area contributed by atoms with E-state index in [0.717, 1.165) is 11.9 Å². The highest BCUT2D eigenvalue weighted by atomic mass is 32.2. The van der Waals surface area contributed by atoms with Crippen molar-refractivity contribution in [1.82, 2.24) is 4.98 Å². The molecule has 0 bridgehead atoms. The number of hydrogen-bond acceptors (Lipinski definition) is 7. The fourth-order valence-electron chi connectivity index (χ4n) is 3.62. The summed E-state index contributed by atoms with van der Waals surface area (Å²) in [5.41, 5.74) is 2.35. The molecule has 1 aliphatic heterocycles. The Kier molecular flexibility index (Phi) is 6.28. The number of rotatable bonds is 7. The van der Waals surface area contributed by atoms with Gasteiger partial charge in [-0.25, -0.2) is 13.4 Å². The van der Waals surface area contributed by atoms with E-state index in [2.05, 4.69) is 15.0 Å². The number of ether oxygens (including phenoxy) is 2. The van der Waals surface area contributed by atoms with Crippen molar-refractivity contribution in [3.05, 3.63) is 72.6 Å². The van der Waals surface area contributed by atoms with Gasteiger partial charge in [0.1, 0.15) is 5.52 Å². The van der Waals surface area contributed by atoms with Crippen LogP contribution in [0.3, 0.4) is 0 Å². The third kappa shape index (κ3) is 5.38. The third-order valence-electron chi connectivity index (χ3n) is 5.35. The number of benzene rings is 3. The van der Waals surface area contributed by atoms with Crippen LogP contribution in [0.2, 0.25) is 0 Å². The van der Waals surface area contributed by atoms with Crippen LogP contribution < -0.4 is 19.5 Å². The third-order valence-corrected chi connectivity index (χ3v) is 6.73. The Morgan fingerprint density at radius 1 is 0.914 bits per heavy atom. The summed E-state index contributed by atoms with van der Waals surface area (Å²) in [6.45, 7) is 0.989. The summed E-state index contributed by atoms with van der Waals surface area (Å²) in [5.74, 6) is 1.23. The second kappa shape index (κ2) is 9.67. The molecule has 1 aliphatic rings. The van der Waals surface area contributed by atoms with Gasteiger partial charge in [-0.1, -0.05) is 12.1 Å². The first kappa shape index (κ1) is 22.7. The summed E-state index contributed by atoms with van der Waals surface area (Å²) in [6, 6.07) is 18.4. The topological polar surface area (TPSA) is 120 Å². The molecule has 0 spiro atoms. The number of oxazole rings is 1. The highest BCUT2D eigenvalue weighted by Crippen LogP contribution is 2.32. The Morgan fingerprint density at radius 2 is 1.66 bits per heavy atom. The van der Waals surface area contributed by atoms with Crippen LogP contribution in [0.4, 0.5) is 11.4 Å². The van der Waals surface area contributed by atoms with E-state index in [1.165, 1.54) is 12.1 Å². The molecule has 10 heteroatoms. The molecule has 2 N–H and O–H groups in total. The summed E-state index contributed by atoms with van der Waals surface area (Å²) in [6.07, 6.45) is 1.30. The lowest BCUT2D eigenvalue weighted by molar-refractivity contribution is -0.116. The minimum atomic E-state index is -3.84. The average molecular weight is 494 g/mol. The Morgan fingerprint density at radius 3 is 2.46 bits per heavy atom. The summed E-state index contributed by atoms with van der Waals surface area (Å²) >= 11 is 0. The minimum Gasteiger partial charge on any atom is -0.490 e. The number of nitrogens with one attached hydrogen (secondary N) is 2. The van der Waals surface area contributed by atoms with Gasteiger partial charge in [0.25, 0.3) is 10.0 Å². The predicted octanol–water partition coefficient (Wildman–Crippen LogP) is 4.36.